The molecule has 20 heavy (non-hydrogen) atoms. The molecule has 1 aromatic carbocycles. The summed E-state index contributed by atoms with van der Waals surface area (Å²) in [5.41, 5.74) is 0. The molecule has 3 aromatic rings. The Morgan fingerprint density at radius 1 is 1.25 bits per heavy atom. The minimum absolute atomic E-state index is 0.0581. The van der Waals surface area contributed by atoms with Gasteiger partial charge in [0.2, 0.25) is 5.82 Å². The van der Waals surface area contributed by atoms with Crippen molar-refractivity contribution >= 4 is 11.3 Å². The van der Waals surface area contributed by atoms with Crippen LogP contribution in [-0.4, -0.2) is 10.1 Å². The van der Waals surface area contributed by atoms with Crippen molar-refractivity contribution in [2.24, 2.45) is 0 Å². The third kappa shape index (κ3) is 2.67. The van der Waals surface area contributed by atoms with Gasteiger partial charge < -0.3 is 9.26 Å². The van der Waals surface area contributed by atoms with E-state index < -0.39 is 11.6 Å². The van der Waals surface area contributed by atoms with Gasteiger partial charge in [-0.15, -0.1) is 11.3 Å². The lowest BCUT2D eigenvalue weighted by atomic mass is 10.3. The molecule has 0 saturated carbocycles. The van der Waals surface area contributed by atoms with E-state index in [-0.39, 0.29) is 18.2 Å². The molecule has 0 aliphatic carbocycles. The number of thiophene rings is 1. The quantitative estimate of drug-likeness (QED) is 0.737. The van der Waals surface area contributed by atoms with E-state index in [1.807, 2.05) is 17.5 Å². The van der Waals surface area contributed by atoms with Crippen LogP contribution in [0.25, 0.3) is 10.8 Å². The number of benzene rings is 1. The fourth-order valence-electron chi connectivity index (χ4n) is 1.55. The first kappa shape index (κ1) is 12.7. The maximum Gasteiger partial charge on any atom is 0.268 e. The fraction of sp³-hybridized carbons (Fsp3) is 0.0769. The van der Waals surface area contributed by atoms with Crippen molar-refractivity contribution in [2.45, 2.75) is 6.61 Å². The maximum absolute atomic E-state index is 13.4. The molecule has 0 unspecified atom stereocenters. The summed E-state index contributed by atoms with van der Waals surface area (Å²) < 4.78 is 36.3. The van der Waals surface area contributed by atoms with Gasteiger partial charge in [0.05, 0.1) is 4.88 Å². The van der Waals surface area contributed by atoms with E-state index in [1.165, 1.54) is 17.4 Å². The van der Waals surface area contributed by atoms with Gasteiger partial charge in [0.25, 0.3) is 5.89 Å². The third-order valence-electron chi connectivity index (χ3n) is 2.45. The summed E-state index contributed by atoms with van der Waals surface area (Å²) in [7, 11) is 0. The second-order valence-electron chi connectivity index (χ2n) is 3.86. The second kappa shape index (κ2) is 5.38. The molecule has 7 heteroatoms. The van der Waals surface area contributed by atoms with E-state index in [0.29, 0.717) is 5.89 Å². The average Bonchev–Trinajstić information content (AvgIpc) is 3.08. The Hall–Kier alpha value is -2.28. The molecule has 102 valence electrons. The van der Waals surface area contributed by atoms with Crippen LogP contribution in [0.1, 0.15) is 5.82 Å². The fourth-order valence-corrected chi connectivity index (χ4v) is 2.19. The molecule has 0 N–H and O–H groups in total. The monoisotopic (exact) mass is 294 g/mol. The molecule has 0 saturated heterocycles. The average molecular weight is 294 g/mol. The zero-order chi connectivity index (χ0) is 13.9. The van der Waals surface area contributed by atoms with Crippen molar-refractivity contribution in [3.05, 3.63) is 53.2 Å². The van der Waals surface area contributed by atoms with Crippen LogP contribution in [0.2, 0.25) is 0 Å². The maximum atomic E-state index is 13.4. The predicted molar refractivity (Wildman–Crippen MR) is 68.3 cm³/mol. The van der Waals surface area contributed by atoms with Crippen LogP contribution in [-0.2, 0) is 6.61 Å². The summed E-state index contributed by atoms with van der Waals surface area (Å²) in [5.74, 6) is -0.814. The molecule has 0 atom stereocenters. The molecular weight excluding hydrogens is 286 g/mol. The molecule has 0 aliphatic heterocycles. The normalized spacial score (nSPS) is 10.7. The van der Waals surface area contributed by atoms with Crippen LogP contribution in [0, 0.1) is 11.6 Å². The molecule has 0 radical (unpaired) electrons. The molecule has 0 amide bonds. The first-order valence-corrected chi connectivity index (χ1v) is 6.54. The Kier molecular flexibility index (Phi) is 3.42. The number of nitrogens with zero attached hydrogens (tertiary/aromatic N) is 2. The second-order valence-corrected chi connectivity index (χ2v) is 4.80. The largest absolute Gasteiger partial charge is 0.482 e. The van der Waals surface area contributed by atoms with E-state index >= 15 is 0 Å². The van der Waals surface area contributed by atoms with Crippen molar-refractivity contribution in [2.75, 3.05) is 0 Å². The van der Waals surface area contributed by atoms with Gasteiger partial charge in [-0.3, -0.25) is 0 Å². The Morgan fingerprint density at radius 3 is 2.90 bits per heavy atom. The zero-order valence-electron chi connectivity index (χ0n) is 10.0. The molecule has 2 heterocycles. The van der Waals surface area contributed by atoms with Crippen molar-refractivity contribution < 1.29 is 18.0 Å². The molecule has 2 aromatic heterocycles. The summed E-state index contributed by atoms with van der Waals surface area (Å²) in [6, 6.07) is 6.80. The van der Waals surface area contributed by atoms with Crippen LogP contribution < -0.4 is 4.74 Å². The van der Waals surface area contributed by atoms with Crippen molar-refractivity contribution in [3.63, 3.8) is 0 Å². The zero-order valence-corrected chi connectivity index (χ0v) is 10.9. The highest BCUT2D eigenvalue weighted by Crippen LogP contribution is 2.23. The summed E-state index contributed by atoms with van der Waals surface area (Å²) in [4.78, 5) is 4.97. The minimum Gasteiger partial charge on any atom is -0.482 e. The van der Waals surface area contributed by atoms with E-state index in [2.05, 4.69) is 10.1 Å². The predicted octanol–water partition coefficient (Wildman–Crippen LogP) is 3.66. The van der Waals surface area contributed by atoms with Crippen molar-refractivity contribution in [1.82, 2.24) is 10.1 Å². The first-order chi connectivity index (χ1) is 9.72. The van der Waals surface area contributed by atoms with Gasteiger partial charge in [0, 0.05) is 6.07 Å². The number of hydrogen-bond acceptors (Lipinski definition) is 5. The lowest BCUT2D eigenvalue weighted by Gasteiger charge is -2.03. The summed E-state index contributed by atoms with van der Waals surface area (Å²) in [5, 5.41) is 5.63. The number of aromatic nitrogens is 2. The Balaban J connectivity index is 1.70. The van der Waals surface area contributed by atoms with Crippen LogP contribution in [0.4, 0.5) is 8.78 Å². The smallest absolute Gasteiger partial charge is 0.268 e. The summed E-state index contributed by atoms with van der Waals surface area (Å²) in [6.07, 6.45) is 0. The van der Waals surface area contributed by atoms with Gasteiger partial charge in [-0.25, -0.2) is 8.78 Å². The number of halogens is 2. The van der Waals surface area contributed by atoms with Crippen LogP contribution >= 0.6 is 11.3 Å². The van der Waals surface area contributed by atoms with E-state index in [1.54, 1.807) is 0 Å². The van der Waals surface area contributed by atoms with E-state index in [9.17, 15) is 8.78 Å². The van der Waals surface area contributed by atoms with E-state index in [0.717, 1.165) is 17.0 Å². The van der Waals surface area contributed by atoms with Gasteiger partial charge in [-0.2, -0.15) is 4.98 Å². The number of rotatable bonds is 4. The van der Waals surface area contributed by atoms with Gasteiger partial charge in [0.1, 0.15) is 5.82 Å². The highest BCUT2D eigenvalue weighted by atomic mass is 32.1. The molecular formula is C13H8F2N2O2S. The minimum atomic E-state index is -0.771. The molecule has 4 nitrogen and oxygen atoms in total. The first-order valence-electron chi connectivity index (χ1n) is 5.67. The molecule has 3 rings (SSSR count). The van der Waals surface area contributed by atoms with Gasteiger partial charge in [-0.05, 0) is 23.6 Å². The van der Waals surface area contributed by atoms with Gasteiger partial charge in [-0.1, -0.05) is 11.2 Å². The number of ether oxygens (including phenoxy) is 1. The lowest BCUT2D eigenvalue weighted by Crippen LogP contribution is -1.99. The van der Waals surface area contributed by atoms with Crippen molar-refractivity contribution in [3.8, 4) is 16.5 Å². The Labute approximate surface area is 116 Å². The van der Waals surface area contributed by atoms with Crippen LogP contribution in [0.15, 0.2) is 40.2 Å². The third-order valence-corrected chi connectivity index (χ3v) is 3.31. The highest BCUT2D eigenvalue weighted by Gasteiger charge is 2.11. The standard InChI is InChI=1S/C13H8F2N2O2S/c14-8-3-4-10(9(15)6-8)18-7-12-16-13(19-17-12)11-2-1-5-20-11/h1-6H,7H2. The number of hydrogen-bond donors (Lipinski definition) is 0. The molecule has 0 spiro atoms. The Morgan fingerprint density at radius 2 is 2.15 bits per heavy atom. The van der Waals surface area contributed by atoms with Crippen LogP contribution in [0.3, 0.4) is 0 Å². The highest BCUT2D eigenvalue weighted by molar-refractivity contribution is 7.13. The summed E-state index contributed by atoms with van der Waals surface area (Å²) >= 11 is 1.47. The van der Waals surface area contributed by atoms with Gasteiger partial charge >= 0.3 is 0 Å². The molecule has 0 aliphatic rings. The lowest BCUT2D eigenvalue weighted by molar-refractivity contribution is 0.273. The summed E-state index contributed by atoms with van der Waals surface area (Å²) in [6.45, 7) is -0.0581. The van der Waals surface area contributed by atoms with Crippen molar-refractivity contribution in [1.29, 1.82) is 0 Å². The van der Waals surface area contributed by atoms with E-state index in [4.69, 9.17) is 9.26 Å². The van der Waals surface area contributed by atoms with Crippen LogP contribution in [0.5, 0.6) is 5.75 Å². The molecule has 0 bridgehead atoms. The van der Waals surface area contributed by atoms with Gasteiger partial charge in [0.15, 0.2) is 18.2 Å². The molecule has 0 fully saturated rings. The SMILES string of the molecule is Fc1ccc(OCc2noc(-c3cccs3)n2)c(F)c1. The topological polar surface area (TPSA) is 48.2 Å². The Bertz CT molecular complexity index is 713.